The van der Waals surface area contributed by atoms with E-state index in [1.165, 1.54) is 19.2 Å². The van der Waals surface area contributed by atoms with Gasteiger partial charge in [-0.3, -0.25) is 14.5 Å². The number of aromatic nitrogens is 1. The van der Waals surface area contributed by atoms with Crippen molar-refractivity contribution in [2.45, 2.75) is 18.2 Å². The van der Waals surface area contributed by atoms with Gasteiger partial charge in [-0.05, 0) is 66.6 Å². The van der Waals surface area contributed by atoms with Crippen LogP contribution in [-0.2, 0) is 16.4 Å². The molecule has 0 spiro atoms. The number of nitrogens with one attached hydrogen (secondary N) is 2. The summed E-state index contributed by atoms with van der Waals surface area (Å²) in [5.74, 6) is -0.301. The lowest BCUT2D eigenvalue weighted by Gasteiger charge is -2.14. The topological polar surface area (TPSA) is 97.4 Å². The third-order valence-electron chi connectivity index (χ3n) is 4.27. The maximum atomic E-state index is 12.9. The molecule has 7 nitrogen and oxygen atoms in total. The zero-order valence-corrected chi connectivity index (χ0v) is 17.9. The van der Waals surface area contributed by atoms with E-state index in [2.05, 4.69) is 15.0 Å². The van der Waals surface area contributed by atoms with Crippen molar-refractivity contribution in [3.05, 3.63) is 77.1 Å². The summed E-state index contributed by atoms with van der Waals surface area (Å²) >= 11 is 5.84. The molecule has 1 amide bonds. The number of carbonyl (C=O) groups excluding carboxylic acids is 1. The molecular formula is C21H20ClN3O4S. The quantitative estimate of drug-likeness (QED) is 0.563. The largest absolute Gasteiger partial charge is 0.495 e. The van der Waals surface area contributed by atoms with Crippen LogP contribution in [0.1, 0.15) is 23.0 Å². The molecular weight excluding hydrogens is 426 g/mol. The molecule has 0 unspecified atom stereocenters. The van der Waals surface area contributed by atoms with Gasteiger partial charge in [0, 0.05) is 22.6 Å². The van der Waals surface area contributed by atoms with Crippen LogP contribution in [0.5, 0.6) is 5.75 Å². The highest BCUT2D eigenvalue weighted by Gasteiger charge is 2.21. The average molecular weight is 446 g/mol. The molecule has 0 aliphatic rings. The molecule has 0 bridgehead atoms. The van der Waals surface area contributed by atoms with E-state index >= 15 is 0 Å². The van der Waals surface area contributed by atoms with E-state index < -0.39 is 15.9 Å². The molecule has 0 atom stereocenters. The number of aryl methyl sites for hydroxylation is 1. The first-order valence-corrected chi connectivity index (χ1v) is 10.9. The van der Waals surface area contributed by atoms with Gasteiger partial charge in [0.2, 0.25) is 0 Å². The number of hydrogen-bond acceptors (Lipinski definition) is 5. The second kappa shape index (κ2) is 9.15. The van der Waals surface area contributed by atoms with Crippen LogP contribution in [0.25, 0.3) is 0 Å². The maximum absolute atomic E-state index is 12.9. The fraction of sp³-hybridized carbons (Fsp3) is 0.143. The predicted molar refractivity (Wildman–Crippen MR) is 117 cm³/mol. The molecule has 0 aliphatic carbocycles. The Hall–Kier alpha value is -3.10. The third-order valence-corrected chi connectivity index (χ3v) is 5.93. The SMILES string of the molecule is CCc1ccnc(C(=O)Nc2ccc(OC)c(S(=O)(=O)Nc3ccc(Cl)cc3)c2)c1. The van der Waals surface area contributed by atoms with E-state index in [0.29, 0.717) is 16.4 Å². The first-order chi connectivity index (χ1) is 14.3. The molecule has 1 aromatic heterocycles. The number of carbonyl (C=O) groups is 1. The van der Waals surface area contributed by atoms with Gasteiger partial charge in [-0.1, -0.05) is 18.5 Å². The van der Waals surface area contributed by atoms with E-state index in [4.69, 9.17) is 16.3 Å². The fourth-order valence-corrected chi connectivity index (χ4v) is 4.09. The molecule has 3 rings (SSSR count). The van der Waals surface area contributed by atoms with Crippen molar-refractivity contribution < 1.29 is 17.9 Å². The van der Waals surface area contributed by atoms with Crippen LogP contribution in [0.15, 0.2) is 65.7 Å². The fourth-order valence-electron chi connectivity index (χ4n) is 2.71. The molecule has 2 aromatic carbocycles. The molecule has 0 saturated carbocycles. The van der Waals surface area contributed by atoms with Gasteiger partial charge < -0.3 is 10.1 Å². The number of sulfonamides is 1. The summed E-state index contributed by atoms with van der Waals surface area (Å²) in [6.07, 6.45) is 2.33. The van der Waals surface area contributed by atoms with Gasteiger partial charge in [0.05, 0.1) is 7.11 Å². The van der Waals surface area contributed by atoms with Crippen molar-refractivity contribution in [1.82, 2.24) is 4.98 Å². The minimum absolute atomic E-state index is 0.118. The molecule has 0 aliphatic heterocycles. The van der Waals surface area contributed by atoms with Crippen molar-refractivity contribution >= 4 is 38.9 Å². The lowest BCUT2D eigenvalue weighted by atomic mass is 10.2. The van der Waals surface area contributed by atoms with Gasteiger partial charge in [-0.25, -0.2) is 8.42 Å². The Bertz CT molecular complexity index is 1170. The summed E-state index contributed by atoms with van der Waals surface area (Å²) in [6, 6.07) is 14.1. The molecule has 30 heavy (non-hydrogen) atoms. The van der Waals surface area contributed by atoms with E-state index in [9.17, 15) is 13.2 Å². The Labute approximate surface area is 180 Å². The van der Waals surface area contributed by atoms with Crippen LogP contribution in [0.2, 0.25) is 5.02 Å². The molecule has 0 saturated heterocycles. The van der Waals surface area contributed by atoms with Crippen molar-refractivity contribution in [3.63, 3.8) is 0 Å². The summed E-state index contributed by atoms with van der Waals surface area (Å²) in [4.78, 5) is 16.5. The Morgan fingerprint density at radius 1 is 1.07 bits per heavy atom. The first-order valence-electron chi connectivity index (χ1n) is 9.05. The summed E-state index contributed by atoms with van der Waals surface area (Å²) in [6.45, 7) is 1.98. The number of pyridine rings is 1. The highest BCUT2D eigenvalue weighted by molar-refractivity contribution is 7.92. The van der Waals surface area contributed by atoms with Crippen LogP contribution >= 0.6 is 11.6 Å². The van der Waals surface area contributed by atoms with Crippen molar-refractivity contribution in [2.75, 3.05) is 17.1 Å². The standard InChI is InChI=1S/C21H20ClN3O4S/c1-3-14-10-11-23-18(12-14)21(26)24-17-8-9-19(29-2)20(13-17)30(27,28)25-16-6-4-15(22)5-7-16/h4-13,25H,3H2,1-2H3,(H,24,26). The Morgan fingerprint density at radius 3 is 2.43 bits per heavy atom. The molecule has 3 aromatic rings. The molecule has 0 fully saturated rings. The summed E-state index contributed by atoms with van der Waals surface area (Å²) in [7, 11) is -2.62. The second-order valence-electron chi connectivity index (χ2n) is 6.34. The van der Waals surface area contributed by atoms with Crippen LogP contribution < -0.4 is 14.8 Å². The number of halogens is 1. The third kappa shape index (κ3) is 5.08. The predicted octanol–water partition coefficient (Wildman–Crippen LogP) is 4.36. The van der Waals surface area contributed by atoms with Crippen LogP contribution in [0, 0.1) is 0 Å². The number of methoxy groups -OCH3 is 1. The molecule has 156 valence electrons. The number of nitrogens with zero attached hydrogens (tertiary/aromatic N) is 1. The normalized spacial score (nSPS) is 11.0. The highest BCUT2D eigenvalue weighted by Crippen LogP contribution is 2.29. The average Bonchev–Trinajstić information content (AvgIpc) is 2.75. The number of rotatable bonds is 7. The number of ether oxygens (including phenoxy) is 1. The number of anilines is 2. The zero-order chi connectivity index (χ0) is 21.7. The lowest BCUT2D eigenvalue weighted by Crippen LogP contribution is -2.16. The van der Waals surface area contributed by atoms with E-state index in [1.54, 1.807) is 42.6 Å². The summed E-state index contributed by atoms with van der Waals surface area (Å²) in [5.41, 5.74) is 1.85. The molecule has 0 radical (unpaired) electrons. The van der Waals surface area contributed by atoms with Gasteiger partial charge in [-0.15, -0.1) is 0 Å². The summed E-state index contributed by atoms with van der Waals surface area (Å²) < 4.78 is 33.5. The van der Waals surface area contributed by atoms with Crippen molar-refractivity contribution in [3.8, 4) is 5.75 Å². The second-order valence-corrected chi connectivity index (χ2v) is 8.42. The minimum Gasteiger partial charge on any atom is -0.495 e. The van der Waals surface area contributed by atoms with Crippen LogP contribution in [0.4, 0.5) is 11.4 Å². The van der Waals surface area contributed by atoms with Gasteiger partial charge in [0.1, 0.15) is 16.3 Å². The van der Waals surface area contributed by atoms with Crippen LogP contribution in [-0.4, -0.2) is 26.4 Å². The van der Waals surface area contributed by atoms with Crippen LogP contribution in [0.3, 0.4) is 0 Å². The van der Waals surface area contributed by atoms with E-state index in [0.717, 1.165) is 12.0 Å². The molecule has 1 heterocycles. The highest BCUT2D eigenvalue weighted by atomic mass is 35.5. The monoisotopic (exact) mass is 445 g/mol. The first kappa shape index (κ1) is 21.6. The molecule has 9 heteroatoms. The maximum Gasteiger partial charge on any atom is 0.274 e. The summed E-state index contributed by atoms with van der Waals surface area (Å²) in [5, 5.41) is 3.17. The Morgan fingerprint density at radius 2 is 1.77 bits per heavy atom. The minimum atomic E-state index is -3.99. The Balaban J connectivity index is 1.89. The van der Waals surface area contributed by atoms with Gasteiger partial charge >= 0.3 is 0 Å². The van der Waals surface area contributed by atoms with Gasteiger partial charge in [0.15, 0.2) is 0 Å². The number of amides is 1. The number of benzene rings is 2. The number of hydrogen-bond donors (Lipinski definition) is 2. The van der Waals surface area contributed by atoms with Crippen molar-refractivity contribution in [1.29, 1.82) is 0 Å². The van der Waals surface area contributed by atoms with Gasteiger partial charge in [0.25, 0.3) is 15.9 Å². The van der Waals surface area contributed by atoms with E-state index in [1.807, 2.05) is 13.0 Å². The lowest BCUT2D eigenvalue weighted by molar-refractivity contribution is 0.102. The smallest absolute Gasteiger partial charge is 0.274 e. The van der Waals surface area contributed by atoms with Crippen molar-refractivity contribution in [2.24, 2.45) is 0 Å². The molecule has 2 N–H and O–H groups in total. The van der Waals surface area contributed by atoms with E-state index in [-0.39, 0.29) is 16.3 Å². The Kier molecular flexibility index (Phi) is 6.59. The zero-order valence-electron chi connectivity index (χ0n) is 16.3. The van der Waals surface area contributed by atoms with Gasteiger partial charge in [-0.2, -0.15) is 0 Å².